The number of thioether (sulfide) groups is 1. The first kappa shape index (κ1) is 10.3. The van der Waals surface area contributed by atoms with E-state index >= 15 is 0 Å². The summed E-state index contributed by atoms with van der Waals surface area (Å²) < 4.78 is 0. The van der Waals surface area contributed by atoms with Crippen LogP contribution in [0.1, 0.15) is 9.88 Å². The van der Waals surface area contributed by atoms with Gasteiger partial charge in [-0.15, -0.1) is 11.3 Å². The zero-order chi connectivity index (χ0) is 9.68. The minimum atomic E-state index is -0.931. The van der Waals surface area contributed by atoms with Crippen molar-refractivity contribution in [3.8, 4) is 0 Å². The molecule has 0 spiro atoms. The van der Waals surface area contributed by atoms with Crippen LogP contribution >= 0.6 is 23.1 Å². The minimum absolute atomic E-state index is 0.881. The molecule has 5 heteroatoms. The predicted molar refractivity (Wildman–Crippen MR) is 56.0 cm³/mol. The Bertz CT molecular complexity index is 320. The van der Waals surface area contributed by atoms with Crippen LogP contribution in [0.3, 0.4) is 0 Å². The van der Waals surface area contributed by atoms with Crippen LogP contribution in [0.25, 0.3) is 6.08 Å². The number of carbonyl (C=O) groups is 1. The number of hydrogen-bond acceptors (Lipinski definition) is 4. The van der Waals surface area contributed by atoms with Gasteiger partial charge in [-0.1, -0.05) is 0 Å². The Labute approximate surface area is 84.5 Å². The molecule has 0 aliphatic carbocycles. The summed E-state index contributed by atoms with van der Waals surface area (Å²) in [5.41, 5.74) is 0. The van der Waals surface area contributed by atoms with Gasteiger partial charge in [0.2, 0.25) is 0 Å². The van der Waals surface area contributed by atoms with E-state index in [-0.39, 0.29) is 0 Å². The summed E-state index contributed by atoms with van der Waals surface area (Å²) in [4.78, 5) is 15.2. The van der Waals surface area contributed by atoms with Crippen LogP contribution in [0.2, 0.25) is 0 Å². The Morgan fingerprint density at radius 1 is 1.85 bits per heavy atom. The molecular weight excluding hydrogens is 206 g/mol. The number of carboxylic acid groups (broad SMARTS) is 1. The average Bonchev–Trinajstić information content (AvgIpc) is 2.50. The van der Waals surface area contributed by atoms with Gasteiger partial charge >= 0.3 is 5.97 Å². The normalized spacial score (nSPS) is 10.8. The molecule has 1 rings (SSSR count). The van der Waals surface area contributed by atoms with E-state index in [0.717, 1.165) is 21.7 Å². The number of thiazole rings is 1. The Morgan fingerprint density at radius 3 is 3.23 bits per heavy atom. The van der Waals surface area contributed by atoms with Crippen molar-refractivity contribution in [3.63, 3.8) is 0 Å². The van der Waals surface area contributed by atoms with E-state index in [1.165, 1.54) is 11.3 Å². The summed E-state index contributed by atoms with van der Waals surface area (Å²) in [6.45, 7) is 0. The summed E-state index contributed by atoms with van der Waals surface area (Å²) in [6.07, 6.45) is 6.38. The molecule has 0 fully saturated rings. The molecule has 0 aromatic carbocycles. The highest BCUT2D eigenvalue weighted by Gasteiger charge is 1.98. The molecular formula is C8H9NO2S2. The lowest BCUT2D eigenvalue weighted by Crippen LogP contribution is -1.84. The number of hydrogen-bond donors (Lipinski definition) is 1. The second-order valence-corrected chi connectivity index (χ2v) is 4.27. The highest BCUT2D eigenvalue weighted by Crippen LogP contribution is 2.18. The zero-order valence-corrected chi connectivity index (χ0v) is 8.69. The van der Waals surface area contributed by atoms with Gasteiger partial charge < -0.3 is 5.11 Å². The maximum Gasteiger partial charge on any atom is 0.328 e. The molecule has 70 valence electrons. The SMILES string of the molecule is CSCc1ncc(/C=C/C(=O)O)s1. The third kappa shape index (κ3) is 3.61. The van der Waals surface area contributed by atoms with Crippen molar-refractivity contribution in [2.45, 2.75) is 5.75 Å². The highest BCUT2D eigenvalue weighted by molar-refractivity contribution is 7.97. The van der Waals surface area contributed by atoms with Crippen LogP contribution in [0.5, 0.6) is 0 Å². The van der Waals surface area contributed by atoms with Crippen LogP contribution < -0.4 is 0 Å². The average molecular weight is 215 g/mol. The summed E-state index contributed by atoms with van der Waals surface area (Å²) in [7, 11) is 0. The van der Waals surface area contributed by atoms with Gasteiger partial charge in [-0.2, -0.15) is 11.8 Å². The van der Waals surface area contributed by atoms with Crippen molar-refractivity contribution in [1.82, 2.24) is 4.98 Å². The molecule has 1 heterocycles. The monoisotopic (exact) mass is 215 g/mol. The van der Waals surface area contributed by atoms with Crippen LogP contribution in [0, 0.1) is 0 Å². The Hall–Kier alpha value is -0.810. The van der Waals surface area contributed by atoms with Crippen molar-refractivity contribution >= 4 is 35.1 Å². The first-order chi connectivity index (χ1) is 6.22. The Kier molecular flexibility index (Phi) is 3.98. The van der Waals surface area contributed by atoms with Crippen LogP contribution in [-0.4, -0.2) is 22.3 Å². The highest BCUT2D eigenvalue weighted by atomic mass is 32.2. The van der Waals surface area contributed by atoms with Gasteiger partial charge in [0, 0.05) is 22.9 Å². The third-order valence-electron chi connectivity index (χ3n) is 1.23. The number of aromatic nitrogens is 1. The third-order valence-corrected chi connectivity index (χ3v) is 2.94. The lowest BCUT2D eigenvalue weighted by Gasteiger charge is -1.85. The standard InChI is InChI=1S/C8H9NO2S2/c1-12-5-7-9-4-6(13-7)2-3-8(10)11/h2-4H,5H2,1H3,(H,10,11)/b3-2+. The molecule has 13 heavy (non-hydrogen) atoms. The van der Waals surface area contributed by atoms with Crippen molar-refractivity contribution in [3.05, 3.63) is 22.2 Å². The molecule has 0 unspecified atom stereocenters. The van der Waals surface area contributed by atoms with Gasteiger partial charge in [0.05, 0.1) is 0 Å². The van der Waals surface area contributed by atoms with Crippen molar-refractivity contribution < 1.29 is 9.90 Å². The van der Waals surface area contributed by atoms with Gasteiger partial charge in [0.15, 0.2) is 0 Å². The van der Waals surface area contributed by atoms with E-state index in [2.05, 4.69) is 4.98 Å². The zero-order valence-electron chi connectivity index (χ0n) is 7.06. The van der Waals surface area contributed by atoms with Gasteiger partial charge in [0.25, 0.3) is 0 Å². The molecule has 0 bridgehead atoms. The summed E-state index contributed by atoms with van der Waals surface area (Å²) in [5.74, 6) is -0.0502. The van der Waals surface area contributed by atoms with Crippen LogP contribution in [0.15, 0.2) is 12.3 Å². The quantitative estimate of drug-likeness (QED) is 0.781. The number of rotatable bonds is 4. The summed E-state index contributed by atoms with van der Waals surface area (Å²) in [5, 5.41) is 9.40. The van der Waals surface area contributed by atoms with Gasteiger partial charge in [-0.25, -0.2) is 9.78 Å². The maximum absolute atomic E-state index is 10.2. The molecule has 0 aliphatic rings. The largest absolute Gasteiger partial charge is 0.478 e. The van der Waals surface area contributed by atoms with Crippen molar-refractivity contribution in [2.24, 2.45) is 0 Å². The van der Waals surface area contributed by atoms with Gasteiger partial charge in [-0.3, -0.25) is 0 Å². The van der Waals surface area contributed by atoms with Crippen LogP contribution in [0.4, 0.5) is 0 Å². The smallest absolute Gasteiger partial charge is 0.328 e. The Morgan fingerprint density at radius 2 is 2.62 bits per heavy atom. The molecule has 1 N–H and O–H groups in total. The topological polar surface area (TPSA) is 50.2 Å². The molecule has 0 aliphatic heterocycles. The van der Waals surface area contributed by atoms with E-state index in [0.29, 0.717) is 0 Å². The summed E-state index contributed by atoms with van der Waals surface area (Å²) in [6, 6.07) is 0. The molecule has 0 radical (unpaired) electrons. The molecule has 0 amide bonds. The first-order valence-electron chi connectivity index (χ1n) is 3.57. The van der Waals surface area contributed by atoms with Gasteiger partial charge in [0.1, 0.15) is 5.01 Å². The van der Waals surface area contributed by atoms with Crippen LogP contribution in [-0.2, 0) is 10.5 Å². The van der Waals surface area contributed by atoms with E-state index in [1.54, 1.807) is 24.0 Å². The Balaban J connectivity index is 2.63. The number of aliphatic carboxylic acids is 1. The molecule has 0 saturated heterocycles. The fourth-order valence-electron chi connectivity index (χ4n) is 0.745. The first-order valence-corrected chi connectivity index (χ1v) is 5.78. The molecule has 1 aromatic heterocycles. The molecule has 1 aromatic rings. The molecule has 0 saturated carbocycles. The second-order valence-electron chi connectivity index (χ2n) is 2.26. The van der Waals surface area contributed by atoms with E-state index in [4.69, 9.17) is 5.11 Å². The lowest BCUT2D eigenvalue weighted by molar-refractivity contribution is -0.131. The number of carboxylic acids is 1. The van der Waals surface area contributed by atoms with E-state index in [1.807, 2.05) is 6.26 Å². The maximum atomic E-state index is 10.2. The lowest BCUT2D eigenvalue weighted by atomic mass is 10.4. The summed E-state index contributed by atoms with van der Waals surface area (Å²) >= 11 is 3.22. The van der Waals surface area contributed by atoms with Crippen molar-refractivity contribution in [2.75, 3.05) is 6.26 Å². The van der Waals surface area contributed by atoms with Crippen molar-refractivity contribution in [1.29, 1.82) is 0 Å². The second kappa shape index (κ2) is 5.04. The fourth-order valence-corrected chi connectivity index (χ4v) is 2.27. The number of nitrogens with zero attached hydrogens (tertiary/aromatic N) is 1. The van der Waals surface area contributed by atoms with E-state index in [9.17, 15) is 4.79 Å². The predicted octanol–water partition coefficient (Wildman–Crippen LogP) is 2.10. The fraction of sp³-hybridized carbons (Fsp3) is 0.250. The molecule has 0 atom stereocenters. The molecule has 3 nitrogen and oxygen atoms in total. The minimum Gasteiger partial charge on any atom is -0.478 e. The van der Waals surface area contributed by atoms with Gasteiger partial charge in [-0.05, 0) is 12.3 Å². The van der Waals surface area contributed by atoms with E-state index < -0.39 is 5.97 Å².